The minimum absolute atomic E-state index is 0.234. The third kappa shape index (κ3) is 3.53. The molecule has 6 nitrogen and oxygen atoms in total. The summed E-state index contributed by atoms with van der Waals surface area (Å²) in [5.41, 5.74) is 0.467. The molecule has 0 bridgehead atoms. The van der Waals surface area contributed by atoms with Gasteiger partial charge in [-0.25, -0.2) is 9.59 Å². The zero-order valence-electron chi connectivity index (χ0n) is 12.5. The second-order valence-corrected chi connectivity index (χ2v) is 4.05. The number of esters is 2. The van der Waals surface area contributed by atoms with E-state index in [-0.39, 0.29) is 24.3 Å². The van der Waals surface area contributed by atoms with Gasteiger partial charge in [-0.05, 0) is 27.7 Å². The molecule has 0 spiro atoms. The summed E-state index contributed by atoms with van der Waals surface area (Å²) >= 11 is 0. The first-order chi connectivity index (χ1) is 9.58. The summed E-state index contributed by atoms with van der Waals surface area (Å²) in [4.78, 5) is 23.8. The average molecular weight is 282 g/mol. The van der Waals surface area contributed by atoms with E-state index in [1.807, 2.05) is 18.9 Å². The molecule has 0 aliphatic heterocycles. The largest absolute Gasteiger partial charge is 0.462 e. The zero-order valence-corrected chi connectivity index (χ0v) is 12.5. The van der Waals surface area contributed by atoms with Gasteiger partial charge in [0.15, 0.2) is 0 Å². The number of aromatic nitrogens is 1. The van der Waals surface area contributed by atoms with E-state index in [9.17, 15) is 9.59 Å². The van der Waals surface area contributed by atoms with Crippen molar-refractivity contribution in [2.75, 3.05) is 31.3 Å². The normalized spacial score (nSPS) is 10.2. The molecule has 0 unspecified atom stereocenters. The quantitative estimate of drug-likeness (QED) is 0.714. The molecule has 0 amide bonds. The van der Waals surface area contributed by atoms with Crippen LogP contribution in [0.3, 0.4) is 0 Å². The highest BCUT2D eigenvalue weighted by Crippen LogP contribution is 2.14. The van der Waals surface area contributed by atoms with Crippen molar-refractivity contribution in [1.82, 2.24) is 4.68 Å². The fourth-order valence-electron chi connectivity index (χ4n) is 1.90. The van der Waals surface area contributed by atoms with E-state index >= 15 is 0 Å². The van der Waals surface area contributed by atoms with Crippen LogP contribution in [-0.4, -0.2) is 42.9 Å². The Hall–Kier alpha value is -1.98. The van der Waals surface area contributed by atoms with Gasteiger partial charge in [0, 0.05) is 25.5 Å². The van der Waals surface area contributed by atoms with Crippen LogP contribution in [0.4, 0.5) is 0 Å². The summed E-state index contributed by atoms with van der Waals surface area (Å²) in [5.74, 6) is -1.03. The third-order valence-corrected chi connectivity index (χ3v) is 2.86. The lowest BCUT2D eigenvalue weighted by Crippen LogP contribution is -2.32. The lowest BCUT2D eigenvalue weighted by molar-refractivity contribution is 0.0480. The number of nitrogens with zero attached hydrogens (tertiary/aromatic N) is 2. The van der Waals surface area contributed by atoms with Crippen LogP contribution in [0.2, 0.25) is 0 Å². The van der Waals surface area contributed by atoms with Crippen molar-refractivity contribution in [3.8, 4) is 0 Å². The molecule has 1 rings (SSSR count). The maximum absolute atomic E-state index is 11.9. The molecule has 1 heterocycles. The van der Waals surface area contributed by atoms with Crippen LogP contribution >= 0.6 is 0 Å². The van der Waals surface area contributed by atoms with Crippen LogP contribution in [0.5, 0.6) is 0 Å². The highest BCUT2D eigenvalue weighted by molar-refractivity contribution is 6.03. The molecule has 0 N–H and O–H groups in total. The topological polar surface area (TPSA) is 60.8 Å². The second-order valence-electron chi connectivity index (χ2n) is 4.05. The van der Waals surface area contributed by atoms with E-state index in [1.54, 1.807) is 30.9 Å². The predicted molar refractivity (Wildman–Crippen MR) is 75.6 cm³/mol. The lowest BCUT2D eigenvalue weighted by Gasteiger charge is -2.22. The summed E-state index contributed by atoms with van der Waals surface area (Å²) in [7, 11) is 0. The minimum Gasteiger partial charge on any atom is -0.462 e. The number of carbonyl (C=O) groups excluding carboxylic acids is 2. The summed E-state index contributed by atoms with van der Waals surface area (Å²) < 4.78 is 11.7. The molecule has 0 atom stereocenters. The predicted octanol–water partition coefficient (Wildman–Crippen LogP) is 1.82. The van der Waals surface area contributed by atoms with Gasteiger partial charge in [-0.3, -0.25) is 4.68 Å². The molecule has 20 heavy (non-hydrogen) atoms. The van der Waals surface area contributed by atoms with Crippen molar-refractivity contribution in [3.05, 3.63) is 23.5 Å². The first-order valence-electron chi connectivity index (χ1n) is 6.90. The lowest BCUT2D eigenvalue weighted by atomic mass is 10.2. The monoisotopic (exact) mass is 282 g/mol. The SMILES string of the molecule is CCOC(=O)c1cn(N(CC)CC)cc1C(=O)OCC. The van der Waals surface area contributed by atoms with Crippen molar-refractivity contribution in [1.29, 1.82) is 0 Å². The fraction of sp³-hybridized carbons (Fsp3) is 0.571. The van der Waals surface area contributed by atoms with E-state index in [2.05, 4.69) is 0 Å². The Kier molecular flexibility index (Phi) is 6.09. The van der Waals surface area contributed by atoms with Gasteiger partial charge in [-0.15, -0.1) is 0 Å². The third-order valence-electron chi connectivity index (χ3n) is 2.86. The summed E-state index contributed by atoms with van der Waals surface area (Å²) in [6, 6.07) is 0. The van der Waals surface area contributed by atoms with E-state index in [1.165, 1.54) is 0 Å². The van der Waals surface area contributed by atoms with Crippen LogP contribution in [0.25, 0.3) is 0 Å². The zero-order chi connectivity index (χ0) is 15.1. The smallest absolute Gasteiger partial charge is 0.340 e. The standard InChI is InChI=1S/C14H22N2O4/c1-5-15(6-2)16-9-11(13(17)19-7-3)12(10-16)14(18)20-8-4/h9-10H,5-8H2,1-4H3. The molecule has 0 aromatic carbocycles. The Labute approximate surface area is 119 Å². The molecule has 0 saturated carbocycles. The van der Waals surface area contributed by atoms with E-state index in [0.717, 1.165) is 13.1 Å². The minimum atomic E-state index is -0.513. The van der Waals surface area contributed by atoms with Crippen molar-refractivity contribution in [2.45, 2.75) is 27.7 Å². The van der Waals surface area contributed by atoms with E-state index in [4.69, 9.17) is 9.47 Å². The number of rotatable bonds is 7. The van der Waals surface area contributed by atoms with E-state index in [0.29, 0.717) is 0 Å². The van der Waals surface area contributed by atoms with Crippen molar-refractivity contribution < 1.29 is 19.1 Å². The van der Waals surface area contributed by atoms with Gasteiger partial charge in [-0.2, -0.15) is 0 Å². The highest BCUT2D eigenvalue weighted by Gasteiger charge is 2.23. The first kappa shape index (κ1) is 16.1. The Morgan fingerprint density at radius 3 is 1.65 bits per heavy atom. The molecule has 1 aromatic heterocycles. The number of hydrogen-bond donors (Lipinski definition) is 0. The Morgan fingerprint density at radius 1 is 0.950 bits per heavy atom. The molecule has 112 valence electrons. The average Bonchev–Trinajstić information content (AvgIpc) is 2.86. The van der Waals surface area contributed by atoms with Crippen LogP contribution < -0.4 is 5.01 Å². The van der Waals surface area contributed by atoms with Crippen molar-refractivity contribution in [3.63, 3.8) is 0 Å². The maximum atomic E-state index is 11.9. The van der Waals surface area contributed by atoms with Gasteiger partial charge >= 0.3 is 11.9 Å². The number of hydrogen-bond acceptors (Lipinski definition) is 5. The van der Waals surface area contributed by atoms with Crippen LogP contribution in [0.15, 0.2) is 12.4 Å². The highest BCUT2D eigenvalue weighted by atomic mass is 16.5. The van der Waals surface area contributed by atoms with Crippen molar-refractivity contribution in [2.24, 2.45) is 0 Å². The Morgan fingerprint density at radius 2 is 1.35 bits per heavy atom. The molecule has 0 aliphatic rings. The molecule has 0 aliphatic carbocycles. The van der Waals surface area contributed by atoms with Crippen LogP contribution in [0, 0.1) is 0 Å². The molecular formula is C14H22N2O4. The number of ether oxygens (including phenoxy) is 2. The van der Waals surface area contributed by atoms with Gasteiger partial charge in [0.2, 0.25) is 0 Å². The van der Waals surface area contributed by atoms with Gasteiger partial charge < -0.3 is 14.5 Å². The maximum Gasteiger partial charge on any atom is 0.340 e. The molecule has 0 radical (unpaired) electrons. The van der Waals surface area contributed by atoms with Gasteiger partial charge in [0.25, 0.3) is 0 Å². The number of carbonyl (C=O) groups is 2. The van der Waals surface area contributed by atoms with Crippen LogP contribution in [0.1, 0.15) is 48.4 Å². The summed E-state index contributed by atoms with van der Waals surface area (Å²) in [6.07, 6.45) is 3.22. The second kappa shape index (κ2) is 7.57. The van der Waals surface area contributed by atoms with Gasteiger partial charge in [-0.1, -0.05) is 0 Å². The Bertz CT molecular complexity index is 428. The molecule has 6 heteroatoms. The Balaban J connectivity index is 3.17. The molecule has 0 fully saturated rings. The fourth-order valence-corrected chi connectivity index (χ4v) is 1.90. The van der Waals surface area contributed by atoms with E-state index < -0.39 is 11.9 Å². The van der Waals surface area contributed by atoms with Gasteiger partial charge in [0.05, 0.1) is 24.3 Å². The van der Waals surface area contributed by atoms with Gasteiger partial charge in [0.1, 0.15) is 0 Å². The summed E-state index contributed by atoms with van der Waals surface area (Å²) in [5, 5.41) is 1.98. The summed E-state index contributed by atoms with van der Waals surface area (Å²) in [6.45, 7) is 9.49. The van der Waals surface area contributed by atoms with Crippen LogP contribution in [-0.2, 0) is 9.47 Å². The molecular weight excluding hydrogens is 260 g/mol. The van der Waals surface area contributed by atoms with Crippen molar-refractivity contribution >= 4 is 11.9 Å². The molecule has 0 saturated heterocycles. The molecule has 1 aromatic rings. The first-order valence-corrected chi connectivity index (χ1v) is 6.90.